The van der Waals surface area contributed by atoms with E-state index in [0.29, 0.717) is 6.10 Å². The van der Waals surface area contributed by atoms with Crippen LogP contribution in [-0.4, -0.2) is 23.0 Å². The maximum absolute atomic E-state index is 6.07. The minimum atomic E-state index is 0.109. The van der Waals surface area contributed by atoms with Crippen molar-refractivity contribution in [2.24, 2.45) is 7.05 Å². The number of rotatable bonds is 3. The van der Waals surface area contributed by atoms with E-state index in [0.717, 1.165) is 24.2 Å². The molecule has 0 aromatic carbocycles. The maximum Gasteiger partial charge on any atom is 0.104 e. The molecule has 1 aromatic heterocycles. The van der Waals surface area contributed by atoms with Crippen molar-refractivity contribution in [3.63, 3.8) is 0 Å². The van der Waals surface area contributed by atoms with Gasteiger partial charge in [0.1, 0.15) is 11.8 Å². The molecule has 1 saturated heterocycles. The Labute approximate surface area is 102 Å². The van der Waals surface area contributed by atoms with E-state index in [-0.39, 0.29) is 6.10 Å². The van der Waals surface area contributed by atoms with Crippen LogP contribution in [0.5, 0.6) is 0 Å². The third kappa shape index (κ3) is 2.79. The molecular formula is C12H21N3O2. The molecule has 0 bridgehead atoms. The van der Waals surface area contributed by atoms with Crippen LogP contribution in [0.4, 0.5) is 5.69 Å². The van der Waals surface area contributed by atoms with E-state index in [4.69, 9.17) is 9.57 Å². The van der Waals surface area contributed by atoms with Crippen LogP contribution in [0.2, 0.25) is 0 Å². The second-order valence-electron chi connectivity index (χ2n) is 4.59. The zero-order chi connectivity index (χ0) is 12.3. The number of aryl methyl sites for hydroxylation is 1. The number of ether oxygens (including phenoxy) is 1. The molecule has 5 nitrogen and oxygen atoms in total. The topological polar surface area (TPSA) is 48.3 Å². The maximum atomic E-state index is 6.07. The zero-order valence-electron chi connectivity index (χ0n) is 10.8. The molecule has 0 radical (unpaired) electrons. The van der Waals surface area contributed by atoms with Gasteiger partial charge in [-0.3, -0.25) is 15.0 Å². The first-order valence-electron chi connectivity index (χ1n) is 6.18. The van der Waals surface area contributed by atoms with Gasteiger partial charge in [0.2, 0.25) is 0 Å². The summed E-state index contributed by atoms with van der Waals surface area (Å²) in [6.07, 6.45) is 6.82. The third-order valence-corrected chi connectivity index (χ3v) is 3.23. The Balaban J connectivity index is 2.21. The summed E-state index contributed by atoms with van der Waals surface area (Å²) in [6, 6.07) is 0. The van der Waals surface area contributed by atoms with Gasteiger partial charge in [0.05, 0.1) is 25.1 Å². The van der Waals surface area contributed by atoms with Gasteiger partial charge in [-0.25, -0.2) is 0 Å². The van der Waals surface area contributed by atoms with Crippen LogP contribution in [0.3, 0.4) is 0 Å². The predicted octanol–water partition coefficient (Wildman–Crippen LogP) is 2.41. The molecular weight excluding hydrogens is 218 g/mol. The number of nitrogens with zero attached hydrogens (tertiary/aromatic N) is 2. The van der Waals surface area contributed by atoms with Gasteiger partial charge >= 0.3 is 0 Å². The molecule has 2 atom stereocenters. The van der Waals surface area contributed by atoms with Gasteiger partial charge in [-0.15, -0.1) is 0 Å². The molecule has 0 saturated carbocycles. The smallest absolute Gasteiger partial charge is 0.104 e. The summed E-state index contributed by atoms with van der Waals surface area (Å²) in [6.45, 7) is 2.14. The molecule has 1 aromatic rings. The SMILES string of the molecule is CONc1cnn(C)c1[C@@H]1CCCCC(C)O1. The van der Waals surface area contributed by atoms with Crippen LogP contribution in [0.25, 0.3) is 0 Å². The van der Waals surface area contributed by atoms with Gasteiger partial charge in [-0.05, 0) is 19.8 Å². The highest BCUT2D eigenvalue weighted by Gasteiger charge is 2.24. The van der Waals surface area contributed by atoms with E-state index in [1.54, 1.807) is 13.3 Å². The number of hydrogen-bond donors (Lipinski definition) is 1. The Kier molecular flexibility index (Phi) is 4.02. The van der Waals surface area contributed by atoms with Gasteiger partial charge < -0.3 is 4.74 Å². The second-order valence-corrected chi connectivity index (χ2v) is 4.59. The number of hydrogen-bond acceptors (Lipinski definition) is 4. The van der Waals surface area contributed by atoms with Gasteiger partial charge in [-0.2, -0.15) is 5.10 Å². The molecule has 1 aliphatic rings. The molecule has 17 heavy (non-hydrogen) atoms. The summed E-state index contributed by atoms with van der Waals surface area (Å²) in [5.41, 5.74) is 4.83. The largest absolute Gasteiger partial charge is 0.369 e. The van der Waals surface area contributed by atoms with Crippen molar-refractivity contribution >= 4 is 5.69 Å². The van der Waals surface area contributed by atoms with E-state index in [9.17, 15) is 0 Å². The average molecular weight is 239 g/mol. The first kappa shape index (κ1) is 12.4. The van der Waals surface area contributed by atoms with Crippen LogP contribution in [-0.2, 0) is 16.6 Å². The monoisotopic (exact) mass is 239 g/mol. The van der Waals surface area contributed by atoms with Gasteiger partial charge in [0.25, 0.3) is 0 Å². The average Bonchev–Trinajstić information content (AvgIpc) is 2.52. The van der Waals surface area contributed by atoms with Crippen molar-refractivity contribution < 1.29 is 9.57 Å². The van der Waals surface area contributed by atoms with Crippen LogP contribution in [0.15, 0.2) is 6.20 Å². The van der Waals surface area contributed by atoms with Crippen molar-refractivity contribution in [1.29, 1.82) is 0 Å². The van der Waals surface area contributed by atoms with Crippen LogP contribution >= 0.6 is 0 Å². The minimum absolute atomic E-state index is 0.109. The van der Waals surface area contributed by atoms with E-state index in [1.165, 1.54) is 12.8 Å². The van der Waals surface area contributed by atoms with Crippen molar-refractivity contribution in [3.8, 4) is 0 Å². The van der Waals surface area contributed by atoms with E-state index in [2.05, 4.69) is 17.5 Å². The summed E-state index contributed by atoms with van der Waals surface area (Å²) >= 11 is 0. The highest BCUT2D eigenvalue weighted by Crippen LogP contribution is 2.33. The number of nitrogens with one attached hydrogen (secondary N) is 1. The van der Waals surface area contributed by atoms with Crippen LogP contribution < -0.4 is 5.48 Å². The highest BCUT2D eigenvalue weighted by atomic mass is 16.6. The Morgan fingerprint density at radius 3 is 3.00 bits per heavy atom. The van der Waals surface area contributed by atoms with E-state index in [1.807, 2.05) is 11.7 Å². The highest BCUT2D eigenvalue weighted by molar-refractivity contribution is 5.45. The predicted molar refractivity (Wildman–Crippen MR) is 65.6 cm³/mol. The van der Waals surface area contributed by atoms with E-state index >= 15 is 0 Å². The standard InChI is InChI=1S/C12H21N3O2/c1-9-6-4-5-7-11(17-9)12-10(14-16-3)8-13-15(12)2/h8-9,11,14H,4-7H2,1-3H3/t9?,11-/m0/s1. The fraction of sp³-hybridized carbons (Fsp3) is 0.750. The van der Waals surface area contributed by atoms with Gasteiger partial charge in [0.15, 0.2) is 0 Å². The Bertz CT molecular complexity index is 365. The molecule has 1 unspecified atom stereocenters. The lowest BCUT2D eigenvalue weighted by Crippen LogP contribution is -2.15. The normalized spacial score (nSPS) is 25.6. The molecule has 2 rings (SSSR count). The van der Waals surface area contributed by atoms with Gasteiger partial charge in [0, 0.05) is 7.05 Å². The first-order chi connectivity index (χ1) is 8.22. The molecule has 2 heterocycles. The van der Waals surface area contributed by atoms with E-state index < -0.39 is 0 Å². The molecule has 1 fully saturated rings. The molecule has 96 valence electrons. The minimum Gasteiger partial charge on any atom is -0.369 e. The first-order valence-corrected chi connectivity index (χ1v) is 6.18. The Hall–Kier alpha value is -1.07. The van der Waals surface area contributed by atoms with Crippen LogP contribution in [0.1, 0.15) is 44.4 Å². The molecule has 1 aliphatic heterocycles. The molecule has 0 amide bonds. The van der Waals surface area contributed by atoms with Gasteiger partial charge in [-0.1, -0.05) is 12.8 Å². The molecule has 0 spiro atoms. The lowest BCUT2D eigenvalue weighted by molar-refractivity contribution is -0.00333. The molecule has 5 heteroatoms. The summed E-state index contributed by atoms with van der Waals surface area (Å²) in [5, 5.41) is 4.26. The molecule has 1 N–H and O–H groups in total. The summed E-state index contributed by atoms with van der Waals surface area (Å²) < 4.78 is 7.93. The summed E-state index contributed by atoms with van der Waals surface area (Å²) in [7, 11) is 3.54. The second kappa shape index (κ2) is 5.51. The van der Waals surface area contributed by atoms with Crippen molar-refractivity contribution in [2.45, 2.75) is 44.8 Å². The Morgan fingerprint density at radius 1 is 1.47 bits per heavy atom. The summed E-state index contributed by atoms with van der Waals surface area (Å²) in [5.74, 6) is 0. The lowest BCUT2D eigenvalue weighted by atomic mass is 10.1. The fourth-order valence-corrected chi connectivity index (χ4v) is 2.40. The van der Waals surface area contributed by atoms with Crippen molar-refractivity contribution in [1.82, 2.24) is 9.78 Å². The number of aromatic nitrogens is 2. The Morgan fingerprint density at radius 2 is 2.24 bits per heavy atom. The summed E-state index contributed by atoms with van der Waals surface area (Å²) in [4.78, 5) is 4.97. The molecule has 0 aliphatic carbocycles. The fourth-order valence-electron chi connectivity index (χ4n) is 2.40. The number of anilines is 1. The zero-order valence-corrected chi connectivity index (χ0v) is 10.8. The quantitative estimate of drug-likeness (QED) is 0.823. The van der Waals surface area contributed by atoms with Crippen molar-refractivity contribution in [3.05, 3.63) is 11.9 Å². The van der Waals surface area contributed by atoms with Crippen molar-refractivity contribution in [2.75, 3.05) is 12.6 Å². The third-order valence-electron chi connectivity index (χ3n) is 3.23. The lowest BCUT2D eigenvalue weighted by Gasteiger charge is -2.20. The van der Waals surface area contributed by atoms with Crippen LogP contribution in [0, 0.1) is 0 Å².